The molecule has 0 fully saturated rings. The van der Waals surface area contributed by atoms with Gasteiger partial charge in [-0.1, -0.05) is 24.3 Å². The number of aryl methyl sites for hydroxylation is 1. The third kappa shape index (κ3) is 1.81. The van der Waals surface area contributed by atoms with Crippen molar-refractivity contribution in [2.75, 3.05) is 6.61 Å². The van der Waals surface area contributed by atoms with E-state index >= 15 is 0 Å². The number of fused-ring (bicyclic) bond motifs is 3. The van der Waals surface area contributed by atoms with Crippen LogP contribution >= 0.6 is 0 Å². The number of hydrogen-bond donors (Lipinski definition) is 0. The Labute approximate surface area is 118 Å². The quantitative estimate of drug-likeness (QED) is 0.796. The number of ether oxygens (including phenoxy) is 1. The molecule has 0 radical (unpaired) electrons. The van der Waals surface area contributed by atoms with Gasteiger partial charge in [0, 0.05) is 17.5 Å². The molecule has 1 aromatic heterocycles. The molecule has 1 heterocycles. The molecule has 0 bridgehead atoms. The van der Waals surface area contributed by atoms with Crippen molar-refractivity contribution >= 4 is 0 Å². The fourth-order valence-corrected chi connectivity index (χ4v) is 2.90. The molecule has 0 spiro atoms. The van der Waals surface area contributed by atoms with Gasteiger partial charge < -0.3 is 4.74 Å². The Hall–Kier alpha value is -2.18. The summed E-state index contributed by atoms with van der Waals surface area (Å²) in [7, 11) is 0. The van der Waals surface area contributed by atoms with Crippen molar-refractivity contribution in [2.45, 2.75) is 25.9 Å². The van der Waals surface area contributed by atoms with Crippen molar-refractivity contribution in [3.05, 3.63) is 53.3 Å². The smallest absolute Gasteiger partial charge is 0.118 e. The summed E-state index contributed by atoms with van der Waals surface area (Å²) in [6, 6.07) is 12.5. The van der Waals surface area contributed by atoms with Crippen LogP contribution in [0, 0.1) is 18.3 Å². The lowest BCUT2D eigenvalue weighted by molar-refractivity contribution is 0.00232. The van der Waals surface area contributed by atoms with E-state index in [1.165, 1.54) is 11.1 Å². The van der Waals surface area contributed by atoms with Crippen molar-refractivity contribution in [2.24, 2.45) is 0 Å². The summed E-state index contributed by atoms with van der Waals surface area (Å²) in [6.07, 6.45) is 2.30. The minimum Gasteiger partial charge on any atom is -0.365 e. The van der Waals surface area contributed by atoms with Crippen LogP contribution in [0.1, 0.15) is 30.2 Å². The Balaban J connectivity index is 2.14. The molecule has 0 saturated heterocycles. The molecule has 0 saturated carbocycles. The molecule has 100 valence electrons. The van der Waals surface area contributed by atoms with Crippen molar-refractivity contribution < 1.29 is 4.74 Å². The molecule has 1 aliphatic carbocycles. The van der Waals surface area contributed by atoms with Crippen molar-refractivity contribution in [3.8, 4) is 17.2 Å². The number of rotatable bonds is 3. The van der Waals surface area contributed by atoms with Crippen LogP contribution in [0.15, 0.2) is 36.5 Å². The highest BCUT2D eigenvalue weighted by Gasteiger charge is 2.40. The summed E-state index contributed by atoms with van der Waals surface area (Å²) in [4.78, 5) is 4.41. The second-order valence-electron chi connectivity index (χ2n) is 5.21. The van der Waals surface area contributed by atoms with E-state index in [4.69, 9.17) is 10.00 Å². The van der Waals surface area contributed by atoms with Gasteiger partial charge in [0.05, 0.1) is 19.1 Å². The molecule has 1 atom stereocenters. The fraction of sp³-hybridized carbons (Fsp3) is 0.294. The molecule has 3 rings (SSSR count). The maximum absolute atomic E-state index is 8.71. The Morgan fingerprint density at radius 3 is 2.85 bits per heavy atom. The zero-order chi connectivity index (χ0) is 14.2. The van der Waals surface area contributed by atoms with Crippen LogP contribution in [-0.4, -0.2) is 11.6 Å². The van der Waals surface area contributed by atoms with Crippen molar-refractivity contribution in [1.29, 1.82) is 5.26 Å². The Kier molecular flexibility index (Phi) is 3.04. The second-order valence-corrected chi connectivity index (χ2v) is 5.21. The highest BCUT2D eigenvalue weighted by atomic mass is 16.5. The lowest BCUT2D eigenvalue weighted by Gasteiger charge is -2.27. The Morgan fingerprint density at radius 1 is 1.25 bits per heavy atom. The zero-order valence-electron chi connectivity index (χ0n) is 11.7. The predicted molar refractivity (Wildman–Crippen MR) is 77.0 cm³/mol. The van der Waals surface area contributed by atoms with E-state index in [9.17, 15) is 0 Å². The van der Waals surface area contributed by atoms with E-state index in [0.29, 0.717) is 13.0 Å². The number of nitrogens with zero attached hydrogens (tertiary/aromatic N) is 2. The fourth-order valence-electron chi connectivity index (χ4n) is 2.90. The predicted octanol–water partition coefficient (Wildman–Crippen LogP) is 3.56. The molecule has 3 nitrogen and oxygen atoms in total. The van der Waals surface area contributed by atoms with Crippen molar-refractivity contribution in [1.82, 2.24) is 4.98 Å². The van der Waals surface area contributed by atoms with Gasteiger partial charge in [-0.05, 0) is 36.6 Å². The van der Waals surface area contributed by atoms with Crippen LogP contribution in [0.3, 0.4) is 0 Å². The van der Waals surface area contributed by atoms with Crippen LogP contribution < -0.4 is 0 Å². The molecule has 0 aliphatic heterocycles. The number of benzene rings is 1. The van der Waals surface area contributed by atoms with Gasteiger partial charge in [-0.15, -0.1) is 0 Å². The van der Waals surface area contributed by atoms with E-state index in [0.717, 1.165) is 16.8 Å². The standard InChI is InChI=1S/C17H16N2O/c1-12-10-14-13-6-3-4-7-15(13)17(2,16(14)11-19-12)20-9-5-8-18/h3-4,6-7,10-11H,5,9H2,1-2H3. The average Bonchev–Trinajstić information content (AvgIpc) is 2.70. The lowest BCUT2D eigenvalue weighted by atomic mass is 9.94. The maximum atomic E-state index is 8.71. The van der Waals surface area contributed by atoms with Gasteiger partial charge in [0.1, 0.15) is 5.60 Å². The molecule has 1 unspecified atom stereocenters. The van der Waals surface area contributed by atoms with E-state index in [1.807, 2.05) is 25.3 Å². The van der Waals surface area contributed by atoms with Crippen LogP contribution in [-0.2, 0) is 10.3 Å². The molecule has 20 heavy (non-hydrogen) atoms. The molecule has 2 aromatic rings. The van der Waals surface area contributed by atoms with Gasteiger partial charge in [-0.25, -0.2) is 0 Å². The van der Waals surface area contributed by atoms with Gasteiger partial charge in [-0.2, -0.15) is 5.26 Å². The highest BCUT2D eigenvalue weighted by Crippen LogP contribution is 2.49. The summed E-state index contributed by atoms with van der Waals surface area (Å²) in [5, 5.41) is 8.71. The molecule has 1 aliphatic rings. The topological polar surface area (TPSA) is 45.9 Å². The van der Waals surface area contributed by atoms with Gasteiger partial charge in [0.25, 0.3) is 0 Å². The first-order valence-electron chi connectivity index (χ1n) is 6.75. The van der Waals surface area contributed by atoms with E-state index in [-0.39, 0.29) is 0 Å². The van der Waals surface area contributed by atoms with Crippen LogP contribution in [0.2, 0.25) is 0 Å². The van der Waals surface area contributed by atoms with Gasteiger partial charge in [0.2, 0.25) is 0 Å². The Bertz CT molecular complexity index is 702. The number of nitriles is 1. The summed E-state index contributed by atoms with van der Waals surface area (Å²) < 4.78 is 6.06. The van der Waals surface area contributed by atoms with Crippen LogP contribution in [0.25, 0.3) is 11.1 Å². The average molecular weight is 264 g/mol. The van der Waals surface area contributed by atoms with Crippen LogP contribution in [0.4, 0.5) is 0 Å². The second kappa shape index (κ2) is 4.73. The normalized spacial score (nSPS) is 19.2. The summed E-state index contributed by atoms with van der Waals surface area (Å²) in [5.41, 5.74) is 5.12. The van der Waals surface area contributed by atoms with E-state index in [1.54, 1.807) is 0 Å². The third-order valence-corrected chi connectivity index (χ3v) is 3.89. The van der Waals surface area contributed by atoms with Gasteiger partial charge >= 0.3 is 0 Å². The molecular formula is C17H16N2O. The Morgan fingerprint density at radius 2 is 2.05 bits per heavy atom. The van der Waals surface area contributed by atoms with Gasteiger partial charge in [0.15, 0.2) is 0 Å². The maximum Gasteiger partial charge on any atom is 0.118 e. The molecular weight excluding hydrogens is 248 g/mol. The number of pyridine rings is 1. The molecule has 0 amide bonds. The molecule has 3 heteroatoms. The largest absolute Gasteiger partial charge is 0.365 e. The van der Waals surface area contributed by atoms with Gasteiger partial charge in [-0.3, -0.25) is 4.98 Å². The van der Waals surface area contributed by atoms with Crippen LogP contribution in [0.5, 0.6) is 0 Å². The van der Waals surface area contributed by atoms with Crippen molar-refractivity contribution in [3.63, 3.8) is 0 Å². The van der Waals surface area contributed by atoms with E-state index in [2.05, 4.69) is 36.2 Å². The first kappa shape index (κ1) is 12.8. The lowest BCUT2D eigenvalue weighted by Crippen LogP contribution is -2.25. The SMILES string of the molecule is Cc1cc2c(cn1)C(C)(OCCC#N)c1ccccc1-2. The highest BCUT2D eigenvalue weighted by molar-refractivity contribution is 5.79. The van der Waals surface area contributed by atoms with E-state index < -0.39 is 5.60 Å². The first-order valence-corrected chi connectivity index (χ1v) is 6.75. The minimum absolute atomic E-state index is 0.395. The first-order chi connectivity index (χ1) is 9.66. The molecule has 0 N–H and O–H groups in total. The monoisotopic (exact) mass is 264 g/mol. The summed E-state index contributed by atoms with van der Waals surface area (Å²) in [6.45, 7) is 4.48. The molecule has 1 aromatic carbocycles. The summed E-state index contributed by atoms with van der Waals surface area (Å²) >= 11 is 0. The summed E-state index contributed by atoms with van der Waals surface area (Å²) in [5.74, 6) is 0. The third-order valence-electron chi connectivity index (χ3n) is 3.89. The zero-order valence-corrected chi connectivity index (χ0v) is 11.7. The number of hydrogen-bond acceptors (Lipinski definition) is 3. The number of aromatic nitrogens is 1. The minimum atomic E-state index is -0.510.